The second kappa shape index (κ2) is 6.93. The molecular weight excluding hydrogens is 275 g/mol. The highest BCUT2D eigenvalue weighted by molar-refractivity contribution is 5.94. The molecule has 1 unspecified atom stereocenters. The summed E-state index contributed by atoms with van der Waals surface area (Å²) in [5.74, 6) is -6.43. The van der Waals surface area contributed by atoms with Gasteiger partial charge in [-0.2, -0.15) is 0 Å². The van der Waals surface area contributed by atoms with E-state index in [0.717, 1.165) is 6.07 Å². The molecule has 7 heteroatoms. The lowest BCUT2D eigenvalue weighted by atomic mass is 10.1. The van der Waals surface area contributed by atoms with Gasteiger partial charge in [0, 0.05) is 12.5 Å². The minimum atomic E-state index is -1.70. The van der Waals surface area contributed by atoms with E-state index in [4.69, 9.17) is 5.11 Å². The Kier molecular flexibility index (Phi) is 5.54. The fourth-order valence-electron chi connectivity index (χ4n) is 1.63. The third kappa shape index (κ3) is 4.25. The van der Waals surface area contributed by atoms with Crippen LogP contribution >= 0.6 is 0 Å². The summed E-state index contributed by atoms with van der Waals surface area (Å²) < 4.78 is 39.1. The normalized spacial score (nSPS) is 12.0. The fraction of sp³-hybridized carbons (Fsp3) is 0.385. The molecular formula is C13H14F3NO3. The van der Waals surface area contributed by atoms with E-state index in [2.05, 4.69) is 5.32 Å². The van der Waals surface area contributed by atoms with Gasteiger partial charge in [-0.3, -0.25) is 9.59 Å². The molecule has 20 heavy (non-hydrogen) atoms. The monoisotopic (exact) mass is 289 g/mol. The first-order chi connectivity index (χ1) is 9.32. The topological polar surface area (TPSA) is 66.4 Å². The molecule has 0 aromatic heterocycles. The highest BCUT2D eigenvalue weighted by atomic mass is 19.2. The van der Waals surface area contributed by atoms with Crippen molar-refractivity contribution in [3.63, 3.8) is 0 Å². The summed E-state index contributed by atoms with van der Waals surface area (Å²) in [6.45, 7) is 1.61. The Morgan fingerprint density at radius 1 is 1.25 bits per heavy atom. The van der Waals surface area contributed by atoms with E-state index in [-0.39, 0.29) is 6.42 Å². The smallest absolute Gasteiger partial charge is 0.303 e. The van der Waals surface area contributed by atoms with Crippen molar-refractivity contribution >= 4 is 11.9 Å². The van der Waals surface area contributed by atoms with Crippen LogP contribution in [0.2, 0.25) is 0 Å². The Hall–Kier alpha value is -2.05. The van der Waals surface area contributed by atoms with Crippen molar-refractivity contribution in [3.05, 3.63) is 35.1 Å². The van der Waals surface area contributed by atoms with Gasteiger partial charge in [-0.15, -0.1) is 0 Å². The number of carbonyl (C=O) groups is 2. The van der Waals surface area contributed by atoms with Crippen molar-refractivity contribution in [2.45, 2.75) is 32.2 Å². The lowest BCUT2D eigenvalue weighted by molar-refractivity contribution is -0.137. The van der Waals surface area contributed by atoms with E-state index in [1.165, 1.54) is 0 Å². The standard InChI is InChI=1S/C13H14F3NO3/c1-7(3-2-4-10(18)19)17-13(20)8-5-6-9(14)12(16)11(8)15/h5-7H,2-4H2,1H3,(H,17,20)(H,18,19). The van der Waals surface area contributed by atoms with Crippen LogP contribution in [0.5, 0.6) is 0 Å². The Bertz CT molecular complexity index is 520. The number of carbonyl (C=O) groups excluding carboxylic acids is 1. The first kappa shape index (κ1) is 16.0. The number of carboxylic acids is 1. The molecule has 0 saturated heterocycles. The third-order valence-electron chi connectivity index (χ3n) is 2.69. The molecule has 0 radical (unpaired) electrons. The number of rotatable bonds is 6. The molecule has 0 spiro atoms. The first-order valence-corrected chi connectivity index (χ1v) is 5.99. The van der Waals surface area contributed by atoms with Gasteiger partial charge in [-0.05, 0) is 31.9 Å². The van der Waals surface area contributed by atoms with E-state index in [1.54, 1.807) is 6.92 Å². The zero-order chi connectivity index (χ0) is 15.3. The van der Waals surface area contributed by atoms with Gasteiger partial charge in [0.25, 0.3) is 5.91 Å². The predicted molar refractivity (Wildman–Crippen MR) is 64.7 cm³/mol. The van der Waals surface area contributed by atoms with E-state index in [1.807, 2.05) is 0 Å². The molecule has 4 nitrogen and oxygen atoms in total. The van der Waals surface area contributed by atoms with E-state index >= 15 is 0 Å². The number of amides is 1. The Morgan fingerprint density at radius 2 is 1.90 bits per heavy atom. The van der Waals surface area contributed by atoms with Crippen LogP contribution in [0.3, 0.4) is 0 Å². The molecule has 1 amide bonds. The summed E-state index contributed by atoms with van der Waals surface area (Å²) in [4.78, 5) is 22.0. The van der Waals surface area contributed by atoms with Crippen LogP contribution < -0.4 is 5.32 Å². The Balaban J connectivity index is 2.63. The quantitative estimate of drug-likeness (QED) is 0.791. The summed E-state index contributed by atoms with van der Waals surface area (Å²) >= 11 is 0. The van der Waals surface area contributed by atoms with Gasteiger partial charge in [0.05, 0.1) is 5.56 Å². The lowest BCUT2D eigenvalue weighted by Gasteiger charge is -2.13. The van der Waals surface area contributed by atoms with E-state index in [0.29, 0.717) is 18.9 Å². The second-order valence-electron chi connectivity index (χ2n) is 4.38. The van der Waals surface area contributed by atoms with E-state index < -0.39 is 40.9 Å². The van der Waals surface area contributed by atoms with Crippen LogP contribution in [0.4, 0.5) is 13.2 Å². The molecule has 1 atom stereocenters. The molecule has 0 aliphatic carbocycles. The molecule has 2 N–H and O–H groups in total. The van der Waals surface area contributed by atoms with Crippen molar-refractivity contribution in [2.24, 2.45) is 0 Å². The van der Waals surface area contributed by atoms with Gasteiger partial charge in [0.1, 0.15) is 0 Å². The minimum Gasteiger partial charge on any atom is -0.481 e. The average Bonchev–Trinajstić information content (AvgIpc) is 2.35. The first-order valence-electron chi connectivity index (χ1n) is 5.99. The van der Waals surface area contributed by atoms with Crippen LogP contribution in [-0.2, 0) is 4.79 Å². The van der Waals surface area contributed by atoms with Gasteiger partial charge in [0.15, 0.2) is 17.5 Å². The molecule has 0 aliphatic rings. The van der Waals surface area contributed by atoms with Crippen LogP contribution in [0.1, 0.15) is 36.5 Å². The summed E-state index contributed by atoms with van der Waals surface area (Å²) in [5, 5.41) is 10.9. The van der Waals surface area contributed by atoms with Crippen LogP contribution in [-0.4, -0.2) is 23.0 Å². The largest absolute Gasteiger partial charge is 0.481 e. The van der Waals surface area contributed by atoms with Gasteiger partial charge in [-0.1, -0.05) is 0 Å². The molecule has 1 aromatic carbocycles. The minimum absolute atomic E-state index is 0.0419. The summed E-state index contributed by atoms with van der Waals surface area (Å²) in [5.41, 5.74) is -0.589. The number of hydrogen-bond donors (Lipinski definition) is 2. The summed E-state index contributed by atoms with van der Waals surface area (Å²) in [6.07, 6.45) is 0.681. The average molecular weight is 289 g/mol. The predicted octanol–water partition coefficient (Wildman–Crippen LogP) is 2.48. The zero-order valence-corrected chi connectivity index (χ0v) is 10.8. The molecule has 0 bridgehead atoms. The Labute approximate surface area is 113 Å². The summed E-state index contributed by atoms with van der Waals surface area (Å²) in [6, 6.07) is 1.12. The Morgan fingerprint density at radius 3 is 2.50 bits per heavy atom. The van der Waals surface area contributed by atoms with E-state index in [9.17, 15) is 22.8 Å². The number of nitrogens with one attached hydrogen (secondary N) is 1. The van der Waals surface area contributed by atoms with Gasteiger partial charge in [-0.25, -0.2) is 13.2 Å². The van der Waals surface area contributed by atoms with Crippen LogP contribution in [0.25, 0.3) is 0 Å². The molecule has 110 valence electrons. The molecule has 0 aliphatic heterocycles. The van der Waals surface area contributed by atoms with Crippen molar-refractivity contribution in [3.8, 4) is 0 Å². The lowest BCUT2D eigenvalue weighted by Crippen LogP contribution is -2.33. The van der Waals surface area contributed by atoms with Gasteiger partial charge >= 0.3 is 5.97 Å². The maximum atomic E-state index is 13.4. The van der Waals surface area contributed by atoms with Gasteiger partial charge in [0.2, 0.25) is 0 Å². The van der Waals surface area contributed by atoms with Crippen molar-refractivity contribution in [2.75, 3.05) is 0 Å². The number of aliphatic carboxylic acids is 1. The highest BCUT2D eigenvalue weighted by Crippen LogP contribution is 2.15. The van der Waals surface area contributed by atoms with Gasteiger partial charge < -0.3 is 10.4 Å². The maximum absolute atomic E-state index is 13.4. The molecule has 0 fully saturated rings. The fourth-order valence-corrected chi connectivity index (χ4v) is 1.63. The maximum Gasteiger partial charge on any atom is 0.303 e. The van der Waals surface area contributed by atoms with Crippen LogP contribution in [0, 0.1) is 17.5 Å². The number of halogens is 3. The summed E-state index contributed by atoms with van der Waals surface area (Å²) in [7, 11) is 0. The molecule has 0 heterocycles. The molecule has 1 rings (SSSR count). The SMILES string of the molecule is CC(CCCC(=O)O)NC(=O)c1ccc(F)c(F)c1F. The number of hydrogen-bond acceptors (Lipinski definition) is 2. The number of benzene rings is 1. The molecule has 1 aromatic rings. The second-order valence-corrected chi connectivity index (χ2v) is 4.38. The third-order valence-corrected chi connectivity index (χ3v) is 2.69. The molecule has 0 saturated carbocycles. The van der Waals surface area contributed by atoms with Crippen LogP contribution in [0.15, 0.2) is 12.1 Å². The van der Waals surface area contributed by atoms with Crippen molar-refractivity contribution in [1.82, 2.24) is 5.32 Å². The highest BCUT2D eigenvalue weighted by Gasteiger charge is 2.19. The zero-order valence-electron chi connectivity index (χ0n) is 10.8. The van der Waals surface area contributed by atoms with Crippen molar-refractivity contribution in [1.29, 1.82) is 0 Å². The van der Waals surface area contributed by atoms with Crippen molar-refractivity contribution < 1.29 is 27.9 Å². The number of carboxylic acid groups (broad SMARTS) is 1.